The van der Waals surface area contributed by atoms with Crippen molar-refractivity contribution in [3.8, 4) is 0 Å². The molecular formula is C9H14N2O2. The summed E-state index contributed by atoms with van der Waals surface area (Å²) in [6, 6.07) is 0. The Labute approximate surface area is 77.2 Å². The zero-order chi connectivity index (χ0) is 9.84. The molecule has 0 aliphatic heterocycles. The standard InChI is InChI=1S/C9H14N2O2/c1-7(2)8(12)5-9(13)11-4-3-10-6-11/h3-4,6-8,12H,5H2,1-2H3. The fourth-order valence-corrected chi connectivity index (χ4v) is 0.927. The van der Waals surface area contributed by atoms with Gasteiger partial charge in [0.15, 0.2) is 0 Å². The summed E-state index contributed by atoms with van der Waals surface area (Å²) < 4.78 is 1.38. The zero-order valence-corrected chi connectivity index (χ0v) is 7.84. The highest BCUT2D eigenvalue weighted by Crippen LogP contribution is 2.06. The van der Waals surface area contributed by atoms with E-state index >= 15 is 0 Å². The molecule has 0 saturated heterocycles. The van der Waals surface area contributed by atoms with Crippen molar-refractivity contribution < 1.29 is 9.90 Å². The molecular weight excluding hydrogens is 168 g/mol. The Kier molecular flexibility index (Phi) is 3.19. The number of nitrogens with zero attached hydrogens (tertiary/aromatic N) is 2. The summed E-state index contributed by atoms with van der Waals surface area (Å²) in [6.45, 7) is 3.76. The first-order valence-corrected chi connectivity index (χ1v) is 4.30. The van der Waals surface area contributed by atoms with Crippen molar-refractivity contribution in [3.05, 3.63) is 18.7 Å². The maximum absolute atomic E-state index is 11.4. The van der Waals surface area contributed by atoms with E-state index in [4.69, 9.17) is 0 Å². The van der Waals surface area contributed by atoms with Gasteiger partial charge in [-0.05, 0) is 5.92 Å². The Balaban J connectivity index is 2.52. The van der Waals surface area contributed by atoms with E-state index in [1.165, 1.54) is 10.9 Å². The lowest BCUT2D eigenvalue weighted by molar-refractivity contribution is 0.0715. The molecule has 0 amide bonds. The van der Waals surface area contributed by atoms with E-state index in [1.807, 2.05) is 13.8 Å². The maximum atomic E-state index is 11.4. The quantitative estimate of drug-likeness (QED) is 0.756. The lowest BCUT2D eigenvalue weighted by Crippen LogP contribution is -2.22. The number of carbonyl (C=O) groups excluding carboxylic acids is 1. The van der Waals surface area contributed by atoms with Crippen LogP contribution < -0.4 is 0 Å². The average Bonchev–Trinajstić information content (AvgIpc) is 2.55. The van der Waals surface area contributed by atoms with Crippen molar-refractivity contribution >= 4 is 5.91 Å². The van der Waals surface area contributed by atoms with Gasteiger partial charge in [0, 0.05) is 12.4 Å². The highest BCUT2D eigenvalue weighted by atomic mass is 16.3. The minimum Gasteiger partial charge on any atom is -0.392 e. The summed E-state index contributed by atoms with van der Waals surface area (Å²) in [6.07, 6.45) is 4.13. The summed E-state index contributed by atoms with van der Waals surface area (Å²) in [5, 5.41) is 9.44. The third-order valence-corrected chi connectivity index (χ3v) is 1.95. The van der Waals surface area contributed by atoms with Gasteiger partial charge >= 0.3 is 0 Å². The second-order valence-electron chi connectivity index (χ2n) is 3.38. The minimum atomic E-state index is -0.574. The molecule has 1 unspecified atom stereocenters. The van der Waals surface area contributed by atoms with E-state index in [0.717, 1.165) is 0 Å². The van der Waals surface area contributed by atoms with Crippen molar-refractivity contribution in [1.82, 2.24) is 9.55 Å². The molecule has 72 valence electrons. The van der Waals surface area contributed by atoms with Crippen LogP contribution in [0.15, 0.2) is 18.7 Å². The fourth-order valence-electron chi connectivity index (χ4n) is 0.927. The van der Waals surface area contributed by atoms with Gasteiger partial charge in [0.1, 0.15) is 6.33 Å². The molecule has 0 saturated carbocycles. The van der Waals surface area contributed by atoms with E-state index in [1.54, 1.807) is 12.4 Å². The number of rotatable bonds is 3. The van der Waals surface area contributed by atoms with Crippen LogP contribution in [0.1, 0.15) is 25.1 Å². The third kappa shape index (κ3) is 2.66. The Hall–Kier alpha value is -1.16. The number of aliphatic hydroxyl groups excluding tert-OH is 1. The van der Waals surface area contributed by atoms with Crippen LogP contribution in [0.5, 0.6) is 0 Å². The number of hydrogen-bond acceptors (Lipinski definition) is 3. The minimum absolute atomic E-state index is 0.104. The highest BCUT2D eigenvalue weighted by molar-refractivity contribution is 5.79. The number of hydrogen-bond donors (Lipinski definition) is 1. The molecule has 0 aliphatic carbocycles. The van der Waals surface area contributed by atoms with E-state index < -0.39 is 6.10 Å². The second-order valence-corrected chi connectivity index (χ2v) is 3.38. The summed E-state index contributed by atoms with van der Waals surface area (Å²) in [5.74, 6) is -0.0221. The van der Waals surface area contributed by atoms with Crippen LogP contribution in [-0.2, 0) is 0 Å². The maximum Gasteiger partial charge on any atom is 0.234 e. The Morgan fingerprint density at radius 3 is 2.77 bits per heavy atom. The Morgan fingerprint density at radius 1 is 1.62 bits per heavy atom. The highest BCUT2D eigenvalue weighted by Gasteiger charge is 2.14. The van der Waals surface area contributed by atoms with Crippen LogP contribution in [0.2, 0.25) is 0 Å². The van der Waals surface area contributed by atoms with Gasteiger partial charge in [0.05, 0.1) is 12.5 Å². The lowest BCUT2D eigenvalue weighted by atomic mass is 10.0. The van der Waals surface area contributed by atoms with Crippen LogP contribution in [0.3, 0.4) is 0 Å². The molecule has 13 heavy (non-hydrogen) atoms. The Morgan fingerprint density at radius 2 is 2.31 bits per heavy atom. The Bertz CT molecular complexity index is 267. The van der Waals surface area contributed by atoms with Crippen molar-refractivity contribution in [3.63, 3.8) is 0 Å². The average molecular weight is 182 g/mol. The molecule has 0 fully saturated rings. The summed E-state index contributed by atoms with van der Waals surface area (Å²) >= 11 is 0. The molecule has 1 N–H and O–H groups in total. The van der Waals surface area contributed by atoms with Gasteiger partial charge in [0.25, 0.3) is 0 Å². The van der Waals surface area contributed by atoms with Crippen molar-refractivity contribution in [2.75, 3.05) is 0 Å². The first-order valence-electron chi connectivity index (χ1n) is 4.30. The molecule has 0 aliphatic rings. The van der Waals surface area contributed by atoms with Crippen LogP contribution in [0.25, 0.3) is 0 Å². The molecule has 0 bridgehead atoms. The molecule has 1 atom stereocenters. The SMILES string of the molecule is CC(C)C(O)CC(=O)n1ccnc1. The molecule has 4 heteroatoms. The molecule has 0 radical (unpaired) electrons. The normalized spacial score (nSPS) is 13.2. The van der Waals surface area contributed by atoms with E-state index in [2.05, 4.69) is 4.98 Å². The van der Waals surface area contributed by atoms with Gasteiger partial charge in [-0.3, -0.25) is 9.36 Å². The van der Waals surface area contributed by atoms with Gasteiger partial charge in [-0.15, -0.1) is 0 Å². The van der Waals surface area contributed by atoms with E-state index in [0.29, 0.717) is 0 Å². The molecule has 1 aromatic heterocycles. The van der Waals surface area contributed by atoms with Gasteiger partial charge in [0.2, 0.25) is 5.91 Å². The number of carbonyl (C=O) groups is 1. The largest absolute Gasteiger partial charge is 0.392 e. The zero-order valence-electron chi connectivity index (χ0n) is 7.84. The van der Waals surface area contributed by atoms with Gasteiger partial charge in [-0.2, -0.15) is 0 Å². The van der Waals surface area contributed by atoms with Gasteiger partial charge < -0.3 is 5.11 Å². The second kappa shape index (κ2) is 4.18. The topological polar surface area (TPSA) is 55.1 Å². The van der Waals surface area contributed by atoms with Crippen LogP contribution in [0, 0.1) is 5.92 Å². The fraction of sp³-hybridized carbons (Fsp3) is 0.556. The summed E-state index contributed by atoms with van der Waals surface area (Å²) in [7, 11) is 0. The van der Waals surface area contributed by atoms with E-state index in [9.17, 15) is 9.90 Å². The van der Waals surface area contributed by atoms with Crippen molar-refractivity contribution in [2.24, 2.45) is 5.92 Å². The third-order valence-electron chi connectivity index (χ3n) is 1.95. The molecule has 1 heterocycles. The summed E-state index contributed by atoms with van der Waals surface area (Å²) in [5.41, 5.74) is 0. The molecule has 4 nitrogen and oxygen atoms in total. The predicted molar refractivity (Wildman–Crippen MR) is 48.3 cm³/mol. The molecule has 0 aromatic carbocycles. The van der Waals surface area contributed by atoms with Crippen molar-refractivity contribution in [2.45, 2.75) is 26.4 Å². The van der Waals surface area contributed by atoms with Gasteiger partial charge in [-0.25, -0.2) is 4.98 Å². The smallest absolute Gasteiger partial charge is 0.234 e. The van der Waals surface area contributed by atoms with Crippen molar-refractivity contribution in [1.29, 1.82) is 0 Å². The molecule has 1 aromatic rings. The lowest BCUT2D eigenvalue weighted by Gasteiger charge is -2.12. The van der Waals surface area contributed by atoms with Crippen LogP contribution >= 0.6 is 0 Å². The molecule has 1 rings (SSSR count). The van der Waals surface area contributed by atoms with Crippen LogP contribution in [-0.4, -0.2) is 26.7 Å². The number of imidazole rings is 1. The first-order chi connectivity index (χ1) is 6.11. The predicted octanol–water partition coefficient (Wildman–Crippen LogP) is 0.930. The summed E-state index contributed by atoms with van der Waals surface area (Å²) in [4.78, 5) is 15.1. The van der Waals surface area contributed by atoms with Gasteiger partial charge in [-0.1, -0.05) is 13.8 Å². The molecule has 0 spiro atoms. The number of aromatic nitrogens is 2. The number of aliphatic hydroxyl groups is 1. The van der Waals surface area contributed by atoms with Crippen LogP contribution in [0.4, 0.5) is 0 Å². The monoisotopic (exact) mass is 182 g/mol. The first kappa shape index (κ1) is 9.92. The van der Waals surface area contributed by atoms with E-state index in [-0.39, 0.29) is 18.2 Å².